The van der Waals surface area contributed by atoms with Gasteiger partial charge in [-0.2, -0.15) is 4.39 Å². The molecule has 10 heteroatoms. The van der Waals surface area contributed by atoms with Crippen LogP contribution in [-0.4, -0.2) is 37.9 Å². The van der Waals surface area contributed by atoms with E-state index in [4.69, 9.17) is 9.15 Å². The quantitative estimate of drug-likeness (QED) is 0.276. The number of rotatable bonds is 5. The molecule has 0 atom stereocenters. The summed E-state index contributed by atoms with van der Waals surface area (Å²) in [6, 6.07) is 8.50. The number of ether oxygens (including phenoxy) is 1. The van der Waals surface area contributed by atoms with Gasteiger partial charge in [-0.3, -0.25) is 10.1 Å². The molecule has 0 unspecified atom stereocenters. The monoisotopic (exact) mass is 412 g/mol. The van der Waals surface area contributed by atoms with Crippen molar-refractivity contribution < 1.29 is 23.3 Å². The fraction of sp³-hybridized carbons (Fsp3) is 0.200. The number of amides is 1. The van der Waals surface area contributed by atoms with Crippen molar-refractivity contribution >= 4 is 30.6 Å². The van der Waals surface area contributed by atoms with E-state index in [1.807, 2.05) is 7.85 Å². The molecule has 3 rings (SSSR count). The number of benzene rings is 2. The largest absolute Gasteiger partial charge is 0.422 e. The third kappa shape index (κ3) is 4.02. The summed E-state index contributed by atoms with van der Waals surface area (Å²) in [7, 11) is 4.91. The third-order valence-corrected chi connectivity index (χ3v) is 4.64. The summed E-state index contributed by atoms with van der Waals surface area (Å²) in [5, 5.41) is 11.6. The maximum absolute atomic E-state index is 14.5. The van der Waals surface area contributed by atoms with Crippen LogP contribution in [-0.2, 0) is 12.7 Å². The molecule has 0 aliphatic heterocycles. The van der Waals surface area contributed by atoms with Gasteiger partial charge in [-0.15, -0.1) is 0 Å². The van der Waals surface area contributed by atoms with Crippen LogP contribution in [0.2, 0.25) is 0 Å². The van der Waals surface area contributed by atoms with Crippen molar-refractivity contribution in [2.75, 3.05) is 14.1 Å². The van der Waals surface area contributed by atoms with Crippen LogP contribution in [0.3, 0.4) is 0 Å². The Morgan fingerprint density at radius 3 is 2.63 bits per heavy atom. The number of hydrogen-bond acceptors (Lipinski definition) is 6. The zero-order valence-corrected chi connectivity index (χ0v) is 16.6. The number of carbonyl (C=O) groups excluding carboxylic acids is 1. The second kappa shape index (κ2) is 8.36. The van der Waals surface area contributed by atoms with Gasteiger partial charge in [0.25, 0.3) is 0 Å². The molecule has 0 aliphatic carbocycles. The minimum Gasteiger partial charge on any atom is -0.422 e. The lowest BCUT2D eigenvalue weighted by Gasteiger charge is -2.13. The van der Waals surface area contributed by atoms with E-state index in [0.29, 0.717) is 17.3 Å². The topological polar surface area (TPSA) is 103 Å². The van der Waals surface area contributed by atoms with Gasteiger partial charge in [0.05, 0.1) is 4.92 Å². The van der Waals surface area contributed by atoms with Crippen molar-refractivity contribution in [2.45, 2.75) is 12.7 Å². The molecule has 2 aromatic carbocycles. The molecule has 1 heterocycles. The van der Waals surface area contributed by atoms with Gasteiger partial charge in [-0.25, -0.2) is 9.59 Å². The summed E-state index contributed by atoms with van der Waals surface area (Å²) < 4.78 is 25.1. The van der Waals surface area contributed by atoms with E-state index in [1.54, 1.807) is 12.1 Å². The minimum atomic E-state index is -0.977. The lowest BCUT2D eigenvalue weighted by molar-refractivity contribution is -0.387. The van der Waals surface area contributed by atoms with Crippen LogP contribution in [0.15, 0.2) is 45.6 Å². The molecular weight excluding hydrogens is 394 g/mol. The van der Waals surface area contributed by atoms with E-state index in [2.05, 4.69) is 0 Å². The van der Waals surface area contributed by atoms with Crippen molar-refractivity contribution in [1.29, 1.82) is 0 Å². The number of fused-ring (bicyclic) bond motifs is 1. The first kappa shape index (κ1) is 21.0. The van der Waals surface area contributed by atoms with Crippen molar-refractivity contribution in [2.24, 2.45) is 0 Å². The Hall–Kier alpha value is -3.69. The SMILES string of the molecule is BCc1c(Cc2cccc([N+](=O)[O-])c2F)c(=O)oc2cc(OC(=O)N(C)C)ccc12. The second-order valence-electron chi connectivity index (χ2n) is 6.80. The second-order valence-corrected chi connectivity index (χ2v) is 6.80. The van der Waals surface area contributed by atoms with Crippen molar-refractivity contribution in [3.05, 3.63) is 79.4 Å². The standard InChI is InChI=1S/C20H18BFN2O6/c1-23(2)20(26)29-12-6-7-13-15(10-21)14(19(25)30-17(13)9-12)8-11-4-3-5-16(18(11)22)24(27)28/h3-7,9H,8,10,21H2,1-2H3. The maximum Gasteiger partial charge on any atom is 0.414 e. The normalized spacial score (nSPS) is 10.8. The maximum atomic E-state index is 14.5. The summed E-state index contributed by atoms with van der Waals surface area (Å²) in [5.41, 5.74) is -0.212. The van der Waals surface area contributed by atoms with Gasteiger partial charge in [-0.1, -0.05) is 18.5 Å². The van der Waals surface area contributed by atoms with Crippen LogP contribution in [0.1, 0.15) is 16.7 Å². The molecule has 3 aromatic rings. The van der Waals surface area contributed by atoms with E-state index < -0.39 is 28.1 Å². The Kier molecular flexibility index (Phi) is 5.86. The number of halogens is 1. The molecule has 0 saturated heterocycles. The number of carbonyl (C=O) groups is 1. The average molecular weight is 412 g/mol. The van der Waals surface area contributed by atoms with Crippen LogP contribution in [0.25, 0.3) is 11.0 Å². The summed E-state index contributed by atoms with van der Waals surface area (Å²) in [5.74, 6) is -0.765. The van der Waals surface area contributed by atoms with Crippen molar-refractivity contribution in [1.82, 2.24) is 4.90 Å². The molecule has 30 heavy (non-hydrogen) atoms. The molecule has 0 bridgehead atoms. The highest BCUT2D eigenvalue weighted by Crippen LogP contribution is 2.28. The first-order valence-corrected chi connectivity index (χ1v) is 9.12. The molecule has 0 N–H and O–H groups in total. The Morgan fingerprint density at radius 2 is 2.00 bits per heavy atom. The highest BCUT2D eigenvalue weighted by molar-refractivity contribution is 6.10. The molecular formula is C20H18BFN2O6. The molecule has 8 nitrogen and oxygen atoms in total. The van der Waals surface area contributed by atoms with E-state index in [-0.39, 0.29) is 28.9 Å². The Labute approximate surface area is 171 Å². The van der Waals surface area contributed by atoms with Gasteiger partial charge in [-0.05, 0) is 23.3 Å². The van der Waals surface area contributed by atoms with Gasteiger partial charge in [0.2, 0.25) is 5.82 Å². The molecule has 0 saturated carbocycles. The summed E-state index contributed by atoms with van der Waals surface area (Å²) in [4.78, 5) is 35.8. The van der Waals surface area contributed by atoms with Crippen molar-refractivity contribution in [3.8, 4) is 5.75 Å². The third-order valence-electron chi connectivity index (χ3n) is 4.64. The van der Waals surface area contributed by atoms with E-state index in [0.717, 1.165) is 6.07 Å². The molecule has 0 aliphatic rings. The lowest BCUT2D eigenvalue weighted by atomic mass is 9.88. The minimum absolute atomic E-state index is 0.0297. The molecule has 0 spiro atoms. The first-order chi connectivity index (χ1) is 14.2. The van der Waals surface area contributed by atoms with E-state index >= 15 is 0 Å². The Balaban J connectivity index is 2.08. The van der Waals surface area contributed by atoms with Gasteiger partial charge in [0, 0.05) is 43.6 Å². The Morgan fingerprint density at radius 1 is 1.27 bits per heavy atom. The molecule has 154 valence electrons. The molecule has 0 radical (unpaired) electrons. The zero-order valence-electron chi connectivity index (χ0n) is 16.6. The van der Waals surface area contributed by atoms with Gasteiger partial charge in [0.1, 0.15) is 19.2 Å². The molecule has 1 amide bonds. The number of nitrogens with zero attached hydrogens (tertiary/aromatic N) is 2. The highest BCUT2D eigenvalue weighted by Gasteiger charge is 2.21. The molecule has 1 aromatic heterocycles. The zero-order chi connectivity index (χ0) is 22.0. The number of hydrogen-bond donors (Lipinski definition) is 0. The fourth-order valence-corrected chi connectivity index (χ4v) is 3.16. The van der Waals surface area contributed by atoms with E-state index in [1.165, 1.54) is 37.2 Å². The highest BCUT2D eigenvalue weighted by atomic mass is 19.1. The number of nitro benzene ring substituents is 1. The van der Waals surface area contributed by atoms with Gasteiger partial charge in [0.15, 0.2) is 0 Å². The predicted molar refractivity (Wildman–Crippen MR) is 110 cm³/mol. The number of nitro groups is 1. The smallest absolute Gasteiger partial charge is 0.414 e. The predicted octanol–water partition coefficient (Wildman–Crippen LogP) is 2.62. The lowest BCUT2D eigenvalue weighted by Crippen LogP contribution is -2.25. The van der Waals surface area contributed by atoms with Gasteiger partial charge >= 0.3 is 17.4 Å². The Bertz CT molecular complexity index is 1210. The summed E-state index contributed by atoms with van der Waals surface area (Å²) in [6.45, 7) is 0. The van der Waals surface area contributed by atoms with Crippen LogP contribution in [0.4, 0.5) is 14.9 Å². The summed E-state index contributed by atoms with van der Waals surface area (Å²) >= 11 is 0. The average Bonchev–Trinajstić information content (AvgIpc) is 2.69. The first-order valence-electron chi connectivity index (χ1n) is 9.12. The van der Waals surface area contributed by atoms with Gasteiger partial charge < -0.3 is 14.1 Å². The van der Waals surface area contributed by atoms with Crippen LogP contribution in [0, 0.1) is 15.9 Å². The van der Waals surface area contributed by atoms with Crippen LogP contribution >= 0.6 is 0 Å². The van der Waals surface area contributed by atoms with Crippen LogP contribution < -0.4 is 10.4 Å². The van der Waals surface area contributed by atoms with Crippen molar-refractivity contribution in [3.63, 3.8) is 0 Å². The summed E-state index contributed by atoms with van der Waals surface area (Å²) in [6.07, 6.45) is -0.276. The molecule has 0 fully saturated rings. The fourth-order valence-electron chi connectivity index (χ4n) is 3.16. The van der Waals surface area contributed by atoms with E-state index in [9.17, 15) is 24.1 Å². The van der Waals surface area contributed by atoms with Crippen LogP contribution in [0.5, 0.6) is 5.75 Å².